The van der Waals surface area contributed by atoms with Gasteiger partial charge >= 0.3 is 0 Å². The number of nitrogens with one attached hydrogen (secondary N) is 2. The van der Waals surface area contributed by atoms with Crippen LogP contribution in [0, 0.1) is 6.92 Å². The maximum Gasteiger partial charge on any atom is 0.293 e. The van der Waals surface area contributed by atoms with Gasteiger partial charge in [0.15, 0.2) is 0 Å². The summed E-state index contributed by atoms with van der Waals surface area (Å²) < 4.78 is 32.5. The number of sulfonamides is 1. The van der Waals surface area contributed by atoms with Gasteiger partial charge in [-0.2, -0.15) is 8.42 Å². The Morgan fingerprint density at radius 1 is 0.938 bits per heavy atom. The van der Waals surface area contributed by atoms with Gasteiger partial charge in [0, 0.05) is 11.1 Å². The van der Waals surface area contributed by atoms with Gasteiger partial charge in [0.25, 0.3) is 20.3 Å². The first kappa shape index (κ1) is 21.8. The molecule has 13 heteroatoms. The van der Waals surface area contributed by atoms with Crippen molar-refractivity contribution in [2.75, 3.05) is 17.1 Å². The van der Waals surface area contributed by atoms with Crippen molar-refractivity contribution >= 4 is 48.9 Å². The highest BCUT2D eigenvalue weighted by atomic mass is 32.2. The van der Waals surface area contributed by atoms with E-state index >= 15 is 0 Å². The van der Waals surface area contributed by atoms with Crippen LogP contribution in [0.15, 0.2) is 52.9 Å². The van der Waals surface area contributed by atoms with Crippen molar-refractivity contribution in [1.29, 1.82) is 0 Å². The zero-order chi connectivity index (χ0) is 22.7. The first-order valence-corrected chi connectivity index (χ1v) is 12.2. The SMILES string of the molecule is COc1ccc(-c2nnc(NS(=O)(=O)c3nnc(NC(=O)c4ccccc4C)s3)s2)cc1. The van der Waals surface area contributed by atoms with Crippen LogP contribution in [0.3, 0.4) is 0 Å². The molecule has 10 nitrogen and oxygen atoms in total. The van der Waals surface area contributed by atoms with Crippen molar-refractivity contribution in [3.63, 3.8) is 0 Å². The smallest absolute Gasteiger partial charge is 0.293 e. The molecule has 0 fully saturated rings. The fourth-order valence-electron chi connectivity index (χ4n) is 2.63. The third-order valence-electron chi connectivity index (χ3n) is 4.23. The molecule has 4 aromatic rings. The van der Waals surface area contributed by atoms with Crippen molar-refractivity contribution in [2.45, 2.75) is 11.3 Å². The predicted molar refractivity (Wildman–Crippen MR) is 122 cm³/mol. The molecule has 2 N–H and O–H groups in total. The number of carbonyl (C=O) groups excluding carboxylic acids is 1. The standard InChI is InChI=1S/C19H16N6O4S3/c1-11-5-3-4-6-14(11)15(26)20-17-22-24-19(31-17)32(27,28)25-18-23-21-16(30-18)12-7-9-13(29-2)10-8-12/h3-10H,1-2H3,(H,23,25)(H,20,22,26). The van der Waals surface area contributed by atoms with Gasteiger partial charge in [-0.1, -0.05) is 40.9 Å². The highest BCUT2D eigenvalue weighted by Gasteiger charge is 2.23. The molecule has 0 bridgehead atoms. The lowest BCUT2D eigenvalue weighted by atomic mass is 10.1. The number of nitrogens with zero attached hydrogens (tertiary/aromatic N) is 4. The van der Waals surface area contributed by atoms with Gasteiger partial charge in [-0.15, -0.1) is 20.4 Å². The van der Waals surface area contributed by atoms with E-state index in [2.05, 4.69) is 30.4 Å². The average Bonchev–Trinajstić information content (AvgIpc) is 3.44. The number of carbonyl (C=O) groups is 1. The van der Waals surface area contributed by atoms with Gasteiger partial charge in [-0.25, -0.2) is 0 Å². The van der Waals surface area contributed by atoms with Crippen LogP contribution < -0.4 is 14.8 Å². The number of aryl methyl sites for hydroxylation is 1. The number of rotatable bonds is 7. The maximum absolute atomic E-state index is 12.7. The molecular weight excluding hydrogens is 472 g/mol. The van der Waals surface area contributed by atoms with Gasteiger partial charge in [0.1, 0.15) is 10.8 Å². The molecule has 0 saturated carbocycles. The quantitative estimate of drug-likeness (QED) is 0.378. The number of hydrogen-bond acceptors (Lipinski definition) is 10. The van der Waals surface area contributed by atoms with E-state index in [1.165, 1.54) is 0 Å². The van der Waals surface area contributed by atoms with Crippen LogP contribution in [0.1, 0.15) is 15.9 Å². The zero-order valence-corrected chi connectivity index (χ0v) is 19.2. The molecule has 0 saturated heterocycles. The third kappa shape index (κ3) is 4.74. The topological polar surface area (TPSA) is 136 Å². The highest BCUT2D eigenvalue weighted by Crippen LogP contribution is 2.30. The summed E-state index contributed by atoms with van der Waals surface area (Å²) in [5, 5.41) is 18.6. The Hall–Kier alpha value is -3.42. The molecule has 164 valence electrons. The number of anilines is 2. The molecule has 0 atom stereocenters. The minimum atomic E-state index is -4.05. The lowest BCUT2D eigenvalue weighted by Gasteiger charge is -2.04. The minimum absolute atomic E-state index is 0.0646. The maximum atomic E-state index is 12.7. The van der Waals surface area contributed by atoms with Crippen LogP contribution in [0.5, 0.6) is 5.75 Å². The van der Waals surface area contributed by atoms with Crippen LogP contribution >= 0.6 is 22.7 Å². The molecule has 2 heterocycles. The van der Waals surface area contributed by atoms with Crippen LogP contribution in [-0.2, 0) is 10.0 Å². The molecule has 0 aliphatic carbocycles. The molecule has 32 heavy (non-hydrogen) atoms. The van der Waals surface area contributed by atoms with Gasteiger partial charge < -0.3 is 4.74 Å². The molecule has 1 amide bonds. The molecular formula is C19H16N6O4S3. The van der Waals surface area contributed by atoms with E-state index in [-0.39, 0.29) is 14.6 Å². The summed E-state index contributed by atoms with van der Waals surface area (Å²) in [5.41, 5.74) is 2.02. The molecule has 2 aromatic carbocycles. The second-order valence-electron chi connectivity index (χ2n) is 6.39. The lowest BCUT2D eigenvalue weighted by Crippen LogP contribution is -2.13. The van der Waals surface area contributed by atoms with Gasteiger partial charge in [-0.3, -0.25) is 14.8 Å². The summed E-state index contributed by atoms with van der Waals surface area (Å²) >= 11 is 1.80. The van der Waals surface area contributed by atoms with Gasteiger partial charge in [-0.05, 0) is 42.8 Å². The number of benzene rings is 2. The number of hydrogen-bond donors (Lipinski definition) is 2. The van der Waals surface area contributed by atoms with Crippen molar-refractivity contribution in [3.05, 3.63) is 59.7 Å². The Morgan fingerprint density at radius 2 is 1.66 bits per heavy atom. The Morgan fingerprint density at radius 3 is 2.38 bits per heavy atom. The normalized spacial score (nSPS) is 11.2. The zero-order valence-electron chi connectivity index (χ0n) is 16.8. The van der Waals surface area contributed by atoms with Crippen molar-refractivity contribution in [1.82, 2.24) is 20.4 Å². The molecule has 0 radical (unpaired) electrons. The van der Waals surface area contributed by atoms with Gasteiger partial charge in [0.2, 0.25) is 10.3 Å². The Labute approximate surface area is 191 Å². The first-order valence-electron chi connectivity index (χ1n) is 9.07. The molecule has 0 aliphatic heterocycles. The van der Waals surface area contributed by atoms with Crippen molar-refractivity contribution in [2.24, 2.45) is 0 Å². The molecule has 0 spiro atoms. The van der Waals surface area contributed by atoms with Crippen LogP contribution in [0.2, 0.25) is 0 Å². The van der Waals surface area contributed by atoms with E-state index in [1.54, 1.807) is 56.5 Å². The lowest BCUT2D eigenvalue weighted by molar-refractivity contribution is 0.102. The van der Waals surface area contributed by atoms with E-state index < -0.39 is 15.9 Å². The number of aromatic nitrogens is 4. The van der Waals surface area contributed by atoms with E-state index in [0.29, 0.717) is 16.3 Å². The third-order valence-corrected chi connectivity index (χ3v) is 7.79. The van der Waals surface area contributed by atoms with E-state index in [1.807, 2.05) is 6.07 Å². The second kappa shape index (κ2) is 8.98. The fraction of sp³-hybridized carbons (Fsp3) is 0.105. The Balaban J connectivity index is 1.46. The number of amides is 1. The number of ether oxygens (including phenoxy) is 1. The van der Waals surface area contributed by atoms with Crippen molar-refractivity contribution in [3.8, 4) is 16.3 Å². The van der Waals surface area contributed by atoms with Crippen LogP contribution in [0.4, 0.5) is 10.3 Å². The summed E-state index contributed by atoms with van der Waals surface area (Å²) in [4.78, 5) is 12.4. The van der Waals surface area contributed by atoms with E-state index in [9.17, 15) is 13.2 Å². The van der Waals surface area contributed by atoms with Crippen molar-refractivity contribution < 1.29 is 17.9 Å². The first-order chi connectivity index (χ1) is 15.4. The molecule has 0 unspecified atom stereocenters. The number of methoxy groups -OCH3 is 1. The highest BCUT2D eigenvalue weighted by molar-refractivity contribution is 7.94. The Kier molecular flexibility index (Phi) is 6.12. The van der Waals surface area contributed by atoms with Crippen LogP contribution in [-0.4, -0.2) is 41.8 Å². The summed E-state index contributed by atoms with van der Waals surface area (Å²) in [6, 6.07) is 14.2. The predicted octanol–water partition coefficient (Wildman–Crippen LogP) is 3.43. The summed E-state index contributed by atoms with van der Waals surface area (Å²) in [6.45, 7) is 1.80. The average molecular weight is 489 g/mol. The Bertz CT molecular complexity index is 1370. The summed E-state index contributed by atoms with van der Waals surface area (Å²) in [7, 11) is -2.48. The second-order valence-corrected chi connectivity index (χ2v) is 10.2. The van der Waals surface area contributed by atoms with E-state index in [0.717, 1.165) is 33.8 Å². The summed E-state index contributed by atoms with van der Waals surface area (Å²) in [6.07, 6.45) is 0. The largest absolute Gasteiger partial charge is 0.497 e. The molecule has 4 rings (SSSR count). The molecule has 0 aliphatic rings. The van der Waals surface area contributed by atoms with E-state index in [4.69, 9.17) is 4.74 Å². The fourth-order valence-corrected chi connectivity index (χ4v) is 5.51. The molecule has 2 aromatic heterocycles. The van der Waals surface area contributed by atoms with Gasteiger partial charge in [0.05, 0.1) is 7.11 Å². The monoisotopic (exact) mass is 488 g/mol. The summed E-state index contributed by atoms with van der Waals surface area (Å²) in [5.74, 6) is 0.296. The van der Waals surface area contributed by atoms with Crippen LogP contribution in [0.25, 0.3) is 10.6 Å². The minimum Gasteiger partial charge on any atom is -0.497 e.